The van der Waals surface area contributed by atoms with E-state index in [0.29, 0.717) is 11.3 Å². The Balaban J connectivity index is 2.45. The standard InChI is InChI=1S/C14H15N3O4/c1-9(15)11-4-3-7-16-14(11)21-13-8-10(20-2)5-6-12(13)17(18)19/h3-9H,15H2,1-2H3/t9-/m0/s1. The van der Waals surface area contributed by atoms with Crippen molar-refractivity contribution in [3.8, 4) is 17.4 Å². The lowest BCUT2D eigenvalue weighted by Crippen LogP contribution is -2.07. The number of pyridine rings is 1. The molecule has 0 saturated carbocycles. The van der Waals surface area contributed by atoms with E-state index in [2.05, 4.69) is 4.98 Å². The van der Waals surface area contributed by atoms with Gasteiger partial charge in [-0.05, 0) is 19.1 Å². The molecule has 1 atom stereocenters. The molecule has 0 radical (unpaired) electrons. The van der Waals surface area contributed by atoms with E-state index >= 15 is 0 Å². The van der Waals surface area contributed by atoms with E-state index in [0.717, 1.165) is 0 Å². The Morgan fingerprint density at radius 1 is 1.38 bits per heavy atom. The van der Waals surface area contributed by atoms with E-state index in [9.17, 15) is 10.1 Å². The summed E-state index contributed by atoms with van der Waals surface area (Å²) < 4.78 is 10.7. The molecular weight excluding hydrogens is 274 g/mol. The second kappa shape index (κ2) is 6.19. The zero-order valence-corrected chi connectivity index (χ0v) is 11.6. The molecule has 0 aliphatic rings. The summed E-state index contributed by atoms with van der Waals surface area (Å²) in [6, 6.07) is 7.44. The minimum Gasteiger partial charge on any atom is -0.497 e. The molecule has 2 N–H and O–H groups in total. The van der Waals surface area contributed by atoms with Crippen LogP contribution in [0.2, 0.25) is 0 Å². The molecule has 2 aromatic rings. The Morgan fingerprint density at radius 3 is 2.76 bits per heavy atom. The molecular formula is C14H15N3O4. The van der Waals surface area contributed by atoms with Gasteiger partial charge in [0.05, 0.1) is 12.0 Å². The summed E-state index contributed by atoms with van der Waals surface area (Å²) in [7, 11) is 1.47. The number of hydrogen-bond donors (Lipinski definition) is 1. The van der Waals surface area contributed by atoms with Gasteiger partial charge in [-0.3, -0.25) is 10.1 Å². The fraction of sp³-hybridized carbons (Fsp3) is 0.214. The number of hydrogen-bond acceptors (Lipinski definition) is 6. The number of aromatic nitrogens is 1. The van der Waals surface area contributed by atoms with Crippen molar-refractivity contribution in [1.29, 1.82) is 0 Å². The first-order valence-electron chi connectivity index (χ1n) is 6.23. The number of benzene rings is 1. The summed E-state index contributed by atoms with van der Waals surface area (Å²) >= 11 is 0. The maximum absolute atomic E-state index is 11.1. The first-order chi connectivity index (χ1) is 10.0. The van der Waals surface area contributed by atoms with Gasteiger partial charge in [-0.25, -0.2) is 4.98 Å². The third kappa shape index (κ3) is 3.26. The largest absolute Gasteiger partial charge is 0.497 e. The number of methoxy groups -OCH3 is 1. The van der Waals surface area contributed by atoms with Crippen molar-refractivity contribution in [2.45, 2.75) is 13.0 Å². The predicted molar refractivity (Wildman–Crippen MR) is 76.6 cm³/mol. The SMILES string of the molecule is COc1ccc([N+](=O)[O-])c(Oc2ncccc2[C@H](C)N)c1. The van der Waals surface area contributed by atoms with Gasteiger partial charge in [-0.2, -0.15) is 0 Å². The summed E-state index contributed by atoms with van der Waals surface area (Å²) in [6.07, 6.45) is 1.53. The fourth-order valence-electron chi connectivity index (χ4n) is 1.79. The smallest absolute Gasteiger partial charge is 0.311 e. The second-order valence-electron chi connectivity index (χ2n) is 4.38. The van der Waals surface area contributed by atoms with Crippen LogP contribution in [0.5, 0.6) is 17.4 Å². The number of nitro groups is 1. The van der Waals surface area contributed by atoms with Gasteiger partial charge in [0.2, 0.25) is 11.6 Å². The molecule has 1 heterocycles. The van der Waals surface area contributed by atoms with Crippen molar-refractivity contribution >= 4 is 5.69 Å². The molecule has 2 rings (SSSR count). The van der Waals surface area contributed by atoms with Crippen LogP contribution in [0.3, 0.4) is 0 Å². The van der Waals surface area contributed by atoms with Crippen molar-refractivity contribution in [1.82, 2.24) is 4.98 Å². The van der Waals surface area contributed by atoms with Crippen molar-refractivity contribution in [2.75, 3.05) is 7.11 Å². The summed E-state index contributed by atoms with van der Waals surface area (Å²) in [4.78, 5) is 14.6. The van der Waals surface area contributed by atoms with E-state index in [1.807, 2.05) is 0 Å². The highest BCUT2D eigenvalue weighted by molar-refractivity contribution is 5.52. The molecule has 7 heteroatoms. The normalized spacial score (nSPS) is 11.8. The highest BCUT2D eigenvalue weighted by atomic mass is 16.6. The Kier molecular flexibility index (Phi) is 4.34. The summed E-state index contributed by atoms with van der Waals surface area (Å²) in [5.74, 6) is 0.748. The first kappa shape index (κ1) is 14.7. The molecule has 7 nitrogen and oxygen atoms in total. The zero-order chi connectivity index (χ0) is 15.4. The highest BCUT2D eigenvalue weighted by Gasteiger charge is 2.19. The number of rotatable bonds is 5. The van der Waals surface area contributed by atoms with Crippen LogP contribution in [0.4, 0.5) is 5.69 Å². The number of ether oxygens (including phenoxy) is 2. The quantitative estimate of drug-likeness (QED) is 0.671. The third-order valence-corrected chi connectivity index (χ3v) is 2.86. The van der Waals surface area contributed by atoms with Crippen LogP contribution in [0.1, 0.15) is 18.5 Å². The first-order valence-corrected chi connectivity index (χ1v) is 6.23. The molecule has 0 saturated heterocycles. The monoisotopic (exact) mass is 289 g/mol. The maximum Gasteiger partial charge on any atom is 0.311 e. The van der Waals surface area contributed by atoms with Gasteiger partial charge in [-0.1, -0.05) is 6.07 Å². The predicted octanol–water partition coefficient (Wildman–Crippen LogP) is 2.81. The van der Waals surface area contributed by atoms with E-state index in [1.54, 1.807) is 19.1 Å². The molecule has 0 aliphatic carbocycles. The Hall–Kier alpha value is -2.67. The topological polar surface area (TPSA) is 101 Å². The minimum absolute atomic E-state index is 0.0555. The molecule has 21 heavy (non-hydrogen) atoms. The molecule has 0 bridgehead atoms. The van der Waals surface area contributed by atoms with Gasteiger partial charge in [0.15, 0.2) is 0 Å². The average molecular weight is 289 g/mol. The second-order valence-corrected chi connectivity index (χ2v) is 4.38. The van der Waals surface area contributed by atoms with Crippen LogP contribution in [-0.2, 0) is 0 Å². The number of nitrogens with two attached hydrogens (primary N) is 1. The number of nitro benzene ring substituents is 1. The van der Waals surface area contributed by atoms with Crippen LogP contribution in [0.15, 0.2) is 36.5 Å². The van der Waals surface area contributed by atoms with Crippen LogP contribution >= 0.6 is 0 Å². The summed E-state index contributed by atoms with van der Waals surface area (Å²) in [5.41, 5.74) is 6.34. The van der Waals surface area contributed by atoms with E-state index in [-0.39, 0.29) is 23.4 Å². The van der Waals surface area contributed by atoms with Crippen LogP contribution in [0, 0.1) is 10.1 Å². The zero-order valence-electron chi connectivity index (χ0n) is 11.6. The van der Waals surface area contributed by atoms with E-state index in [4.69, 9.17) is 15.2 Å². The molecule has 0 aliphatic heterocycles. The maximum atomic E-state index is 11.1. The van der Waals surface area contributed by atoms with E-state index in [1.165, 1.54) is 31.5 Å². The number of nitrogens with zero attached hydrogens (tertiary/aromatic N) is 2. The van der Waals surface area contributed by atoms with Crippen molar-refractivity contribution in [3.05, 3.63) is 52.2 Å². The van der Waals surface area contributed by atoms with Gasteiger partial charge < -0.3 is 15.2 Å². The molecule has 0 amide bonds. The van der Waals surface area contributed by atoms with Gasteiger partial charge >= 0.3 is 5.69 Å². The van der Waals surface area contributed by atoms with Crippen molar-refractivity contribution in [2.24, 2.45) is 5.73 Å². The summed E-state index contributed by atoms with van der Waals surface area (Å²) in [5, 5.41) is 11.1. The Bertz CT molecular complexity index is 658. The molecule has 1 aromatic heterocycles. The van der Waals surface area contributed by atoms with Crippen LogP contribution in [-0.4, -0.2) is 17.0 Å². The van der Waals surface area contributed by atoms with Gasteiger partial charge in [0.25, 0.3) is 0 Å². The summed E-state index contributed by atoms with van der Waals surface area (Å²) in [6.45, 7) is 1.78. The molecule has 0 fully saturated rings. The Morgan fingerprint density at radius 2 is 2.14 bits per heavy atom. The van der Waals surface area contributed by atoms with Crippen LogP contribution < -0.4 is 15.2 Å². The fourth-order valence-corrected chi connectivity index (χ4v) is 1.79. The lowest BCUT2D eigenvalue weighted by molar-refractivity contribution is -0.385. The highest BCUT2D eigenvalue weighted by Crippen LogP contribution is 2.35. The van der Waals surface area contributed by atoms with Gasteiger partial charge in [0, 0.05) is 29.9 Å². The lowest BCUT2D eigenvalue weighted by Gasteiger charge is -2.12. The Labute approximate surface area is 121 Å². The van der Waals surface area contributed by atoms with Crippen molar-refractivity contribution < 1.29 is 14.4 Å². The molecule has 0 unspecified atom stereocenters. The van der Waals surface area contributed by atoms with Gasteiger partial charge in [0.1, 0.15) is 5.75 Å². The third-order valence-electron chi connectivity index (χ3n) is 2.86. The van der Waals surface area contributed by atoms with Gasteiger partial charge in [-0.15, -0.1) is 0 Å². The minimum atomic E-state index is -0.525. The average Bonchev–Trinajstić information content (AvgIpc) is 2.47. The van der Waals surface area contributed by atoms with Crippen LogP contribution in [0.25, 0.3) is 0 Å². The molecule has 110 valence electrons. The molecule has 1 aromatic carbocycles. The lowest BCUT2D eigenvalue weighted by atomic mass is 10.1. The molecule has 0 spiro atoms. The van der Waals surface area contributed by atoms with Crippen molar-refractivity contribution in [3.63, 3.8) is 0 Å². The van der Waals surface area contributed by atoms with E-state index < -0.39 is 4.92 Å².